The van der Waals surface area contributed by atoms with Crippen LogP contribution in [0.4, 0.5) is 11.4 Å². The molecule has 0 amide bonds. The second kappa shape index (κ2) is 7.63. The third-order valence-electron chi connectivity index (χ3n) is 7.98. The van der Waals surface area contributed by atoms with Crippen LogP contribution >= 0.6 is 0 Å². The first-order chi connectivity index (χ1) is 16.0. The zero-order valence-corrected chi connectivity index (χ0v) is 21.8. The molecule has 0 aromatic heterocycles. The van der Waals surface area contributed by atoms with Gasteiger partial charge in [-0.3, -0.25) is 0 Å². The second-order valence-electron chi connectivity index (χ2n) is 11.1. The fourth-order valence-corrected chi connectivity index (χ4v) is 5.64. The minimum Gasteiger partial charge on any atom is -0.366 e. The van der Waals surface area contributed by atoms with Crippen LogP contribution in [0.5, 0.6) is 0 Å². The Hall–Kier alpha value is -3.26. The highest BCUT2D eigenvalue weighted by atomic mass is 15.2. The smallest absolute Gasteiger partial charge is 0.0531 e. The molecule has 0 atom stereocenters. The van der Waals surface area contributed by atoms with E-state index in [0.29, 0.717) is 0 Å². The van der Waals surface area contributed by atoms with Crippen LogP contribution in [0.15, 0.2) is 72.8 Å². The molecule has 3 aromatic carbocycles. The molecule has 0 spiro atoms. The van der Waals surface area contributed by atoms with E-state index in [9.17, 15) is 0 Å². The van der Waals surface area contributed by atoms with Gasteiger partial charge in [-0.15, -0.1) is 0 Å². The maximum Gasteiger partial charge on any atom is 0.0531 e. The summed E-state index contributed by atoms with van der Waals surface area (Å²) in [5, 5.41) is 0. The van der Waals surface area contributed by atoms with Crippen molar-refractivity contribution in [1.29, 1.82) is 0 Å². The molecule has 5 rings (SSSR count). The van der Waals surface area contributed by atoms with Gasteiger partial charge in [0.25, 0.3) is 0 Å². The number of nitrogens with zero attached hydrogens (tertiary/aromatic N) is 2. The molecule has 34 heavy (non-hydrogen) atoms. The average molecular weight is 449 g/mol. The molecule has 0 bridgehead atoms. The van der Waals surface area contributed by atoms with Gasteiger partial charge in [0.1, 0.15) is 0 Å². The molecule has 2 heteroatoms. The fraction of sp³-hybridized carbons (Fsp3) is 0.312. The summed E-state index contributed by atoms with van der Waals surface area (Å²) in [6.07, 6.45) is 4.75. The van der Waals surface area contributed by atoms with Crippen molar-refractivity contribution in [2.24, 2.45) is 0 Å². The Morgan fingerprint density at radius 2 is 0.912 bits per heavy atom. The molecular formula is C32H36N2. The Balaban J connectivity index is 1.62. The first-order valence-corrected chi connectivity index (χ1v) is 12.2. The molecule has 174 valence electrons. The van der Waals surface area contributed by atoms with Gasteiger partial charge < -0.3 is 9.80 Å². The largest absolute Gasteiger partial charge is 0.366 e. The third kappa shape index (κ3) is 3.48. The summed E-state index contributed by atoms with van der Waals surface area (Å²) in [5.41, 5.74) is 13.0. The molecule has 3 aromatic rings. The van der Waals surface area contributed by atoms with E-state index in [4.69, 9.17) is 0 Å². The Morgan fingerprint density at radius 1 is 0.529 bits per heavy atom. The number of anilines is 2. The van der Waals surface area contributed by atoms with Crippen molar-refractivity contribution in [2.45, 2.75) is 52.6 Å². The third-order valence-corrected chi connectivity index (χ3v) is 7.98. The van der Waals surface area contributed by atoms with E-state index >= 15 is 0 Å². The van der Waals surface area contributed by atoms with Crippen LogP contribution < -0.4 is 9.80 Å². The fourth-order valence-electron chi connectivity index (χ4n) is 5.64. The van der Waals surface area contributed by atoms with Gasteiger partial charge >= 0.3 is 0 Å². The molecule has 2 aliphatic rings. The van der Waals surface area contributed by atoms with Crippen LogP contribution in [0.1, 0.15) is 52.7 Å². The zero-order valence-electron chi connectivity index (χ0n) is 21.8. The normalized spacial score (nSPS) is 18.1. The van der Waals surface area contributed by atoms with E-state index in [1.165, 1.54) is 55.9 Å². The zero-order chi connectivity index (χ0) is 24.4. The van der Waals surface area contributed by atoms with Gasteiger partial charge in [0, 0.05) is 36.6 Å². The summed E-state index contributed by atoms with van der Waals surface area (Å²) in [7, 11) is 4.38. The van der Waals surface area contributed by atoms with Gasteiger partial charge in [-0.1, -0.05) is 48.6 Å². The maximum absolute atomic E-state index is 2.38. The molecular weight excluding hydrogens is 412 g/mol. The van der Waals surface area contributed by atoms with Gasteiger partial charge in [-0.05, 0) is 99.2 Å². The van der Waals surface area contributed by atoms with Crippen LogP contribution in [-0.2, 0) is 0 Å². The maximum atomic E-state index is 2.38. The van der Waals surface area contributed by atoms with Crippen LogP contribution in [0.2, 0.25) is 0 Å². The van der Waals surface area contributed by atoms with Gasteiger partial charge in [0.05, 0.1) is 11.1 Å². The Labute approximate surface area is 205 Å². The molecule has 2 nitrogen and oxygen atoms in total. The summed E-state index contributed by atoms with van der Waals surface area (Å²) in [6.45, 7) is 13.6. The first-order valence-electron chi connectivity index (χ1n) is 12.2. The number of rotatable bonds is 2. The van der Waals surface area contributed by atoms with Crippen molar-refractivity contribution < 1.29 is 0 Å². The number of benzene rings is 3. The lowest BCUT2D eigenvalue weighted by atomic mass is 9.85. The lowest BCUT2D eigenvalue weighted by molar-refractivity contribution is 0.597. The number of hydrogen-bond acceptors (Lipinski definition) is 2. The lowest BCUT2D eigenvalue weighted by Gasteiger charge is -2.41. The lowest BCUT2D eigenvalue weighted by Crippen LogP contribution is -2.42. The standard InChI is InChI=1S/C32H36N2/c1-21-19-31(3,4)33(7)29-15-13-23(17-27(21)29)25-11-9-10-12-26(25)24-14-16-30-28(18-24)22(2)20-32(5,6)34(30)8/h9-20H,1-8H3. The van der Waals surface area contributed by atoms with Crippen molar-refractivity contribution in [2.75, 3.05) is 23.9 Å². The molecule has 0 saturated carbocycles. The van der Waals surface area contributed by atoms with Crippen molar-refractivity contribution in [3.05, 3.63) is 83.9 Å². The van der Waals surface area contributed by atoms with Crippen LogP contribution in [-0.4, -0.2) is 25.2 Å². The Morgan fingerprint density at radius 3 is 1.29 bits per heavy atom. The first kappa shape index (κ1) is 22.5. The predicted octanol–water partition coefficient (Wildman–Crippen LogP) is 8.28. The number of fused-ring (bicyclic) bond motifs is 2. The van der Waals surface area contributed by atoms with E-state index < -0.39 is 0 Å². The summed E-state index contributed by atoms with van der Waals surface area (Å²) < 4.78 is 0. The Kier molecular flexibility index (Phi) is 5.06. The van der Waals surface area contributed by atoms with E-state index in [1.807, 2.05) is 0 Å². The molecule has 2 aliphatic heterocycles. The van der Waals surface area contributed by atoms with Crippen LogP contribution in [0.25, 0.3) is 33.4 Å². The van der Waals surface area contributed by atoms with Crippen molar-refractivity contribution in [1.82, 2.24) is 0 Å². The topological polar surface area (TPSA) is 6.48 Å². The number of allylic oxidation sites excluding steroid dienone is 2. The highest BCUT2D eigenvalue weighted by Gasteiger charge is 2.30. The molecule has 2 heterocycles. The molecule has 0 fully saturated rings. The molecule has 0 N–H and O–H groups in total. The van der Waals surface area contributed by atoms with Gasteiger partial charge in [-0.25, -0.2) is 0 Å². The van der Waals surface area contributed by atoms with Crippen molar-refractivity contribution >= 4 is 22.5 Å². The molecule has 0 radical (unpaired) electrons. The van der Waals surface area contributed by atoms with Gasteiger partial charge in [0.2, 0.25) is 0 Å². The predicted molar refractivity (Wildman–Crippen MR) is 150 cm³/mol. The second-order valence-corrected chi connectivity index (χ2v) is 11.1. The van der Waals surface area contributed by atoms with E-state index in [2.05, 4.69) is 138 Å². The summed E-state index contributed by atoms with van der Waals surface area (Å²) >= 11 is 0. The number of likely N-dealkylation sites (N-methyl/N-ethyl adjacent to an activating group) is 2. The molecule has 0 aliphatic carbocycles. The van der Waals surface area contributed by atoms with Gasteiger partial charge in [-0.2, -0.15) is 0 Å². The van der Waals surface area contributed by atoms with Crippen molar-refractivity contribution in [3.8, 4) is 22.3 Å². The monoisotopic (exact) mass is 448 g/mol. The minimum atomic E-state index is 0.0206. The quantitative estimate of drug-likeness (QED) is 0.389. The molecule has 0 unspecified atom stereocenters. The van der Waals surface area contributed by atoms with Crippen LogP contribution in [0, 0.1) is 0 Å². The van der Waals surface area contributed by atoms with E-state index in [1.54, 1.807) is 0 Å². The highest BCUT2D eigenvalue weighted by Crippen LogP contribution is 2.43. The SMILES string of the molecule is CC1=CC(C)(C)N(C)c2ccc(-c3ccccc3-c3ccc4c(c3)C(C)=CC(C)(C)N4C)cc21. The highest BCUT2D eigenvalue weighted by molar-refractivity contribution is 5.91. The van der Waals surface area contributed by atoms with Crippen LogP contribution in [0.3, 0.4) is 0 Å². The van der Waals surface area contributed by atoms with Crippen molar-refractivity contribution in [3.63, 3.8) is 0 Å². The Bertz CT molecular complexity index is 1250. The molecule has 0 saturated heterocycles. The number of hydrogen-bond donors (Lipinski definition) is 0. The average Bonchev–Trinajstić information content (AvgIpc) is 2.80. The summed E-state index contributed by atoms with van der Waals surface area (Å²) in [4.78, 5) is 4.75. The van der Waals surface area contributed by atoms with E-state index in [-0.39, 0.29) is 11.1 Å². The summed E-state index contributed by atoms with van der Waals surface area (Å²) in [5.74, 6) is 0. The van der Waals surface area contributed by atoms with Gasteiger partial charge in [0.15, 0.2) is 0 Å². The van der Waals surface area contributed by atoms with E-state index in [0.717, 1.165) is 0 Å². The minimum absolute atomic E-state index is 0.0206. The summed E-state index contributed by atoms with van der Waals surface area (Å²) in [6, 6.07) is 22.7.